The number of likely N-dealkylation sites (N-methyl/N-ethyl adjacent to an activating group) is 1. The fourth-order valence-electron chi connectivity index (χ4n) is 3.20. The lowest BCUT2D eigenvalue weighted by atomic mass is 10.1. The van der Waals surface area contributed by atoms with Crippen molar-refractivity contribution in [3.63, 3.8) is 0 Å². The van der Waals surface area contributed by atoms with E-state index in [1.165, 1.54) is 5.56 Å². The van der Waals surface area contributed by atoms with Crippen LogP contribution in [-0.4, -0.2) is 55.0 Å². The molecule has 1 saturated heterocycles. The first kappa shape index (κ1) is 20.6. The third-order valence-electron chi connectivity index (χ3n) is 5.01. The zero-order chi connectivity index (χ0) is 20.1. The first-order valence-electron chi connectivity index (χ1n) is 9.64. The van der Waals surface area contributed by atoms with Crippen LogP contribution in [0.2, 0.25) is 5.02 Å². The molecule has 3 rings (SSSR count). The van der Waals surface area contributed by atoms with Gasteiger partial charge < -0.3 is 15.0 Å². The first-order valence-corrected chi connectivity index (χ1v) is 10.0. The predicted molar refractivity (Wildman–Crippen MR) is 114 cm³/mol. The van der Waals surface area contributed by atoms with E-state index < -0.39 is 6.10 Å². The number of rotatable bonds is 6. The lowest BCUT2D eigenvalue weighted by molar-refractivity contribution is -0.122. The van der Waals surface area contributed by atoms with Gasteiger partial charge in [-0.15, -0.1) is 0 Å². The maximum absolute atomic E-state index is 12.5. The Morgan fingerprint density at radius 2 is 1.93 bits per heavy atom. The lowest BCUT2D eigenvalue weighted by Crippen LogP contribution is -2.43. The number of nitrogens with zero attached hydrogens (tertiary/aromatic N) is 2. The fraction of sp³-hybridized carbons (Fsp3) is 0.409. The molecule has 1 atom stereocenters. The number of carbonyl (C=O) groups excluding carboxylic acids is 1. The van der Waals surface area contributed by atoms with Crippen molar-refractivity contribution in [2.75, 3.05) is 38.5 Å². The third-order valence-corrected chi connectivity index (χ3v) is 5.43. The molecule has 0 radical (unpaired) electrons. The minimum atomic E-state index is -0.609. The molecular weight excluding hydrogens is 374 g/mol. The van der Waals surface area contributed by atoms with Crippen LogP contribution in [0.4, 0.5) is 5.69 Å². The van der Waals surface area contributed by atoms with E-state index in [0.717, 1.165) is 44.0 Å². The van der Waals surface area contributed by atoms with Gasteiger partial charge in [0.25, 0.3) is 5.91 Å². The standard InChI is InChI=1S/C22H28ClN3O2/c1-16-13-20(7-8-21(16)23)28-17(2)22(27)24-19-6-4-5-18(14-19)15-26-11-9-25(3)10-12-26/h4-8,13-14,17H,9-12,15H2,1-3H3,(H,24,27). The van der Waals surface area contributed by atoms with Crippen LogP contribution in [-0.2, 0) is 11.3 Å². The minimum absolute atomic E-state index is 0.177. The van der Waals surface area contributed by atoms with E-state index in [2.05, 4.69) is 28.2 Å². The zero-order valence-corrected chi connectivity index (χ0v) is 17.5. The van der Waals surface area contributed by atoms with Gasteiger partial charge in [0, 0.05) is 43.4 Å². The van der Waals surface area contributed by atoms with Crippen molar-refractivity contribution in [2.45, 2.75) is 26.5 Å². The Labute approximate surface area is 172 Å². The molecule has 2 aromatic carbocycles. The molecule has 0 bridgehead atoms. The Morgan fingerprint density at radius 1 is 1.18 bits per heavy atom. The molecule has 0 spiro atoms. The molecule has 6 heteroatoms. The molecule has 1 aliphatic rings. The van der Waals surface area contributed by atoms with Crippen molar-refractivity contribution in [3.8, 4) is 5.75 Å². The summed E-state index contributed by atoms with van der Waals surface area (Å²) in [5.41, 5.74) is 2.91. The van der Waals surface area contributed by atoms with E-state index in [1.54, 1.807) is 19.1 Å². The topological polar surface area (TPSA) is 44.8 Å². The third kappa shape index (κ3) is 5.71. The molecular formula is C22H28ClN3O2. The Kier molecular flexibility index (Phi) is 6.94. The van der Waals surface area contributed by atoms with Crippen molar-refractivity contribution in [1.29, 1.82) is 0 Å². The summed E-state index contributed by atoms with van der Waals surface area (Å²) in [7, 11) is 2.15. The highest BCUT2D eigenvalue weighted by Gasteiger charge is 2.17. The van der Waals surface area contributed by atoms with Crippen LogP contribution in [0.3, 0.4) is 0 Å². The number of aryl methyl sites for hydroxylation is 1. The van der Waals surface area contributed by atoms with Gasteiger partial charge in [-0.2, -0.15) is 0 Å². The number of hydrogen-bond donors (Lipinski definition) is 1. The van der Waals surface area contributed by atoms with Gasteiger partial charge in [0.15, 0.2) is 6.10 Å². The zero-order valence-electron chi connectivity index (χ0n) is 16.7. The molecule has 1 amide bonds. The first-order chi connectivity index (χ1) is 13.4. The van der Waals surface area contributed by atoms with Crippen LogP contribution in [0.5, 0.6) is 5.75 Å². The maximum atomic E-state index is 12.5. The second-order valence-electron chi connectivity index (χ2n) is 7.44. The molecule has 1 N–H and O–H groups in total. The summed E-state index contributed by atoms with van der Waals surface area (Å²) in [5, 5.41) is 3.64. The molecule has 1 aliphatic heterocycles. The number of halogens is 1. The maximum Gasteiger partial charge on any atom is 0.265 e. The number of benzene rings is 2. The quantitative estimate of drug-likeness (QED) is 0.799. The molecule has 150 valence electrons. The summed E-state index contributed by atoms with van der Waals surface area (Å²) < 4.78 is 5.76. The lowest BCUT2D eigenvalue weighted by Gasteiger charge is -2.32. The van der Waals surface area contributed by atoms with E-state index in [1.807, 2.05) is 31.2 Å². The van der Waals surface area contributed by atoms with Crippen molar-refractivity contribution < 1.29 is 9.53 Å². The number of ether oxygens (including phenoxy) is 1. The number of hydrogen-bond acceptors (Lipinski definition) is 4. The van der Waals surface area contributed by atoms with Crippen LogP contribution < -0.4 is 10.1 Å². The molecule has 1 fully saturated rings. The fourth-order valence-corrected chi connectivity index (χ4v) is 3.32. The highest BCUT2D eigenvalue weighted by Crippen LogP contribution is 2.22. The summed E-state index contributed by atoms with van der Waals surface area (Å²) >= 11 is 6.04. The molecule has 5 nitrogen and oxygen atoms in total. The van der Waals surface area contributed by atoms with Gasteiger partial charge in [0.2, 0.25) is 0 Å². The molecule has 0 saturated carbocycles. The van der Waals surface area contributed by atoms with E-state index in [4.69, 9.17) is 16.3 Å². The minimum Gasteiger partial charge on any atom is -0.481 e. The Bertz CT molecular complexity index is 819. The van der Waals surface area contributed by atoms with Crippen molar-refractivity contribution in [3.05, 3.63) is 58.6 Å². The van der Waals surface area contributed by atoms with Gasteiger partial charge in [-0.1, -0.05) is 23.7 Å². The predicted octanol–water partition coefficient (Wildman–Crippen LogP) is 3.80. The van der Waals surface area contributed by atoms with Crippen molar-refractivity contribution in [2.24, 2.45) is 0 Å². The largest absolute Gasteiger partial charge is 0.481 e. The highest BCUT2D eigenvalue weighted by molar-refractivity contribution is 6.31. The molecule has 1 heterocycles. The molecule has 28 heavy (non-hydrogen) atoms. The number of carbonyl (C=O) groups is 1. The van der Waals surface area contributed by atoms with E-state index in [0.29, 0.717) is 10.8 Å². The average molecular weight is 402 g/mol. The van der Waals surface area contributed by atoms with E-state index in [-0.39, 0.29) is 5.91 Å². The van der Waals surface area contributed by atoms with Crippen molar-refractivity contribution >= 4 is 23.2 Å². The second kappa shape index (κ2) is 9.41. The highest BCUT2D eigenvalue weighted by atomic mass is 35.5. The summed E-state index contributed by atoms with van der Waals surface area (Å²) in [5.74, 6) is 0.456. The average Bonchev–Trinajstić information content (AvgIpc) is 2.67. The number of nitrogens with one attached hydrogen (secondary N) is 1. The molecule has 2 aromatic rings. The number of anilines is 1. The van der Waals surface area contributed by atoms with Gasteiger partial charge in [-0.3, -0.25) is 9.69 Å². The van der Waals surface area contributed by atoms with Gasteiger partial charge >= 0.3 is 0 Å². The van der Waals surface area contributed by atoms with Crippen LogP contribution >= 0.6 is 11.6 Å². The van der Waals surface area contributed by atoms with Gasteiger partial charge in [-0.25, -0.2) is 0 Å². The Morgan fingerprint density at radius 3 is 2.64 bits per heavy atom. The van der Waals surface area contributed by atoms with E-state index >= 15 is 0 Å². The normalized spacial score (nSPS) is 16.6. The summed E-state index contributed by atoms with van der Waals surface area (Å²) in [6, 6.07) is 13.4. The Hall–Kier alpha value is -2.08. The van der Waals surface area contributed by atoms with E-state index in [9.17, 15) is 4.79 Å². The van der Waals surface area contributed by atoms with Gasteiger partial charge in [0.1, 0.15) is 5.75 Å². The van der Waals surface area contributed by atoms with Crippen LogP contribution in [0.25, 0.3) is 0 Å². The molecule has 1 unspecified atom stereocenters. The molecule has 0 aliphatic carbocycles. The SMILES string of the molecule is Cc1cc(OC(C)C(=O)Nc2cccc(CN3CCN(C)CC3)c2)ccc1Cl. The van der Waals surface area contributed by atoms with Gasteiger partial charge in [-0.05, 0) is 62.4 Å². The monoisotopic (exact) mass is 401 g/mol. The summed E-state index contributed by atoms with van der Waals surface area (Å²) in [6.45, 7) is 8.87. The second-order valence-corrected chi connectivity index (χ2v) is 7.85. The summed E-state index contributed by atoms with van der Waals surface area (Å²) in [4.78, 5) is 17.3. The van der Waals surface area contributed by atoms with Gasteiger partial charge in [0.05, 0.1) is 0 Å². The summed E-state index contributed by atoms with van der Waals surface area (Å²) in [6.07, 6.45) is -0.609. The smallest absolute Gasteiger partial charge is 0.265 e. The molecule has 0 aromatic heterocycles. The number of piperazine rings is 1. The Balaban J connectivity index is 1.56. The van der Waals surface area contributed by atoms with Crippen molar-refractivity contribution in [1.82, 2.24) is 9.80 Å². The van der Waals surface area contributed by atoms with Crippen LogP contribution in [0, 0.1) is 6.92 Å². The van der Waals surface area contributed by atoms with Crippen LogP contribution in [0.1, 0.15) is 18.1 Å². The van der Waals surface area contributed by atoms with Crippen LogP contribution in [0.15, 0.2) is 42.5 Å². The number of amides is 1.